The molecule has 2 fully saturated rings. The topological polar surface area (TPSA) is 116 Å². The lowest BCUT2D eigenvalue weighted by molar-refractivity contribution is -0.127. The molecule has 0 unspecified atom stereocenters. The third-order valence-corrected chi connectivity index (χ3v) is 7.29. The predicted octanol–water partition coefficient (Wildman–Crippen LogP) is 2.91. The van der Waals surface area contributed by atoms with Gasteiger partial charge in [-0.15, -0.1) is 5.10 Å². The van der Waals surface area contributed by atoms with Crippen LogP contribution in [0, 0.1) is 19.3 Å². The smallest absolute Gasteiger partial charge is 0.334 e. The maximum absolute atomic E-state index is 15.2. The zero-order valence-electron chi connectivity index (χ0n) is 20.8. The molecule has 0 amide bonds. The van der Waals surface area contributed by atoms with Crippen LogP contribution in [-0.2, 0) is 11.3 Å². The van der Waals surface area contributed by atoms with Gasteiger partial charge in [0.1, 0.15) is 36.2 Å². The SMILES string of the molecule is [C-]#[N+]C1(N2CC[C@H](Nc3nc(N)c4c(-c5ccc6nc(C)n(CC(F)F)c6n5)c(F)cn4n3)[C@H](F)C2)COC1. The van der Waals surface area contributed by atoms with Gasteiger partial charge in [0.05, 0.1) is 30.0 Å². The van der Waals surface area contributed by atoms with Crippen LogP contribution in [-0.4, -0.2) is 84.6 Å². The summed E-state index contributed by atoms with van der Waals surface area (Å²) in [5, 5.41) is 7.24. The van der Waals surface area contributed by atoms with Crippen molar-refractivity contribution in [2.24, 2.45) is 0 Å². The Hall–Kier alpha value is -4.03. The number of nitrogens with one attached hydrogen (secondary N) is 1. The van der Waals surface area contributed by atoms with Gasteiger partial charge in [-0.2, -0.15) is 4.98 Å². The summed E-state index contributed by atoms with van der Waals surface area (Å²) >= 11 is 0. The Morgan fingerprint density at radius 3 is 2.74 bits per heavy atom. The number of piperidine rings is 1. The molecule has 11 nitrogen and oxygen atoms in total. The highest BCUT2D eigenvalue weighted by atomic mass is 19.3. The Kier molecular flexibility index (Phi) is 6.03. The van der Waals surface area contributed by atoms with Gasteiger partial charge in [-0.1, -0.05) is 0 Å². The van der Waals surface area contributed by atoms with Gasteiger partial charge in [-0.25, -0.2) is 43.5 Å². The van der Waals surface area contributed by atoms with Gasteiger partial charge in [0, 0.05) is 13.1 Å². The fraction of sp³-hybridized carbons (Fsp3) is 0.458. The number of nitrogens with two attached hydrogens (primary N) is 1. The van der Waals surface area contributed by atoms with Gasteiger partial charge < -0.3 is 20.4 Å². The molecule has 4 aromatic heterocycles. The minimum Gasteiger partial charge on any atom is -0.382 e. The van der Waals surface area contributed by atoms with Crippen molar-refractivity contribution in [2.75, 3.05) is 37.4 Å². The highest BCUT2D eigenvalue weighted by Crippen LogP contribution is 2.34. The number of hydrogen-bond donors (Lipinski definition) is 2. The zero-order chi connectivity index (χ0) is 27.5. The molecule has 15 heteroatoms. The van der Waals surface area contributed by atoms with E-state index in [-0.39, 0.29) is 53.9 Å². The predicted molar refractivity (Wildman–Crippen MR) is 133 cm³/mol. The second-order valence-electron chi connectivity index (χ2n) is 9.75. The Morgan fingerprint density at radius 2 is 2.08 bits per heavy atom. The molecular weight excluding hydrogens is 520 g/mol. The number of aromatic nitrogens is 6. The first-order valence-electron chi connectivity index (χ1n) is 12.3. The first kappa shape index (κ1) is 25.3. The van der Waals surface area contributed by atoms with E-state index in [9.17, 15) is 8.78 Å². The normalized spacial score (nSPS) is 21.4. The second kappa shape index (κ2) is 9.31. The molecule has 3 N–H and O–H groups in total. The number of anilines is 2. The Morgan fingerprint density at radius 1 is 1.28 bits per heavy atom. The number of hydrogen-bond acceptors (Lipinski definition) is 8. The van der Waals surface area contributed by atoms with Crippen molar-refractivity contribution < 1.29 is 22.3 Å². The molecule has 0 aromatic carbocycles. The molecule has 0 spiro atoms. The van der Waals surface area contributed by atoms with Crippen molar-refractivity contribution in [1.29, 1.82) is 0 Å². The number of imidazole rings is 1. The molecule has 2 aliphatic rings. The number of likely N-dealkylation sites (tertiary alicyclic amines) is 1. The molecular formula is C24H24F4N10O. The number of ether oxygens (including phenoxy) is 1. The third kappa shape index (κ3) is 4.20. The summed E-state index contributed by atoms with van der Waals surface area (Å²) in [5.74, 6) is -0.390. The van der Waals surface area contributed by atoms with Gasteiger partial charge in [0.25, 0.3) is 6.43 Å². The second-order valence-corrected chi connectivity index (χ2v) is 9.75. The first-order valence-corrected chi connectivity index (χ1v) is 12.3. The van der Waals surface area contributed by atoms with E-state index in [4.69, 9.17) is 17.0 Å². The highest BCUT2D eigenvalue weighted by Gasteiger charge is 2.53. The number of aryl methyl sites for hydroxylation is 1. The molecule has 4 aromatic rings. The fourth-order valence-corrected chi connectivity index (χ4v) is 5.21. The van der Waals surface area contributed by atoms with Crippen molar-refractivity contribution in [1.82, 2.24) is 34.0 Å². The number of nitrogen functional groups attached to an aromatic ring is 1. The van der Waals surface area contributed by atoms with E-state index in [1.54, 1.807) is 17.9 Å². The molecule has 204 valence electrons. The van der Waals surface area contributed by atoms with Gasteiger partial charge >= 0.3 is 5.66 Å². The highest BCUT2D eigenvalue weighted by molar-refractivity contribution is 5.89. The van der Waals surface area contributed by atoms with Crippen LogP contribution in [0.25, 0.3) is 32.8 Å². The van der Waals surface area contributed by atoms with E-state index in [1.807, 2.05) is 0 Å². The molecule has 0 aliphatic carbocycles. The van der Waals surface area contributed by atoms with Gasteiger partial charge in [0.2, 0.25) is 5.95 Å². The minimum atomic E-state index is -2.62. The molecule has 2 aliphatic heterocycles. The average Bonchev–Trinajstić information content (AvgIpc) is 3.35. The monoisotopic (exact) mass is 544 g/mol. The molecule has 39 heavy (non-hydrogen) atoms. The molecule has 6 heterocycles. The molecule has 6 rings (SSSR count). The quantitative estimate of drug-likeness (QED) is 0.281. The minimum absolute atomic E-state index is 0.00670. The van der Waals surface area contributed by atoms with Crippen molar-refractivity contribution in [2.45, 2.75) is 44.2 Å². The number of rotatable bonds is 6. The molecule has 0 bridgehead atoms. The van der Waals surface area contributed by atoms with E-state index in [2.05, 4.69) is 30.2 Å². The summed E-state index contributed by atoms with van der Waals surface area (Å²) in [6, 6.07) is 2.46. The summed E-state index contributed by atoms with van der Waals surface area (Å²) in [4.78, 5) is 18.4. The van der Waals surface area contributed by atoms with Crippen molar-refractivity contribution in [3.05, 3.63) is 41.4 Å². The summed E-state index contributed by atoms with van der Waals surface area (Å²) in [6.07, 6.45) is -2.44. The Bertz CT molecular complexity index is 1610. The Labute approximate surface area is 219 Å². The lowest BCUT2D eigenvalue weighted by Crippen LogP contribution is -2.64. The van der Waals surface area contributed by atoms with Crippen LogP contribution in [0.2, 0.25) is 0 Å². The lowest BCUT2D eigenvalue weighted by Gasteiger charge is -2.43. The lowest BCUT2D eigenvalue weighted by atomic mass is 9.97. The third-order valence-electron chi connectivity index (χ3n) is 7.29. The summed E-state index contributed by atoms with van der Waals surface area (Å²) in [5.41, 5.74) is 6.29. The van der Waals surface area contributed by atoms with Gasteiger partial charge in [-0.05, 0) is 25.5 Å². The maximum atomic E-state index is 15.2. The van der Waals surface area contributed by atoms with Gasteiger partial charge in [0.15, 0.2) is 17.3 Å². The number of pyridine rings is 1. The van der Waals surface area contributed by atoms with Crippen LogP contribution in [0.5, 0.6) is 0 Å². The van der Waals surface area contributed by atoms with Crippen LogP contribution in [0.4, 0.5) is 29.3 Å². The maximum Gasteiger partial charge on any atom is 0.334 e. The number of fused-ring (bicyclic) bond motifs is 2. The summed E-state index contributed by atoms with van der Waals surface area (Å²) in [6.45, 7) is 9.51. The largest absolute Gasteiger partial charge is 0.382 e. The van der Waals surface area contributed by atoms with Crippen LogP contribution in [0.15, 0.2) is 18.3 Å². The summed E-state index contributed by atoms with van der Waals surface area (Å²) in [7, 11) is 0. The molecule has 0 saturated carbocycles. The molecule has 0 radical (unpaired) electrons. The van der Waals surface area contributed by atoms with Crippen molar-refractivity contribution >= 4 is 28.4 Å². The van der Waals surface area contributed by atoms with Gasteiger partial charge in [-0.3, -0.25) is 4.85 Å². The first-order chi connectivity index (χ1) is 18.7. The van der Waals surface area contributed by atoms with E-state index in [0.29, 0.717) is 24.3 Å². The van der Waals surface area contributed by atoms with Crippen LogP contribution < -0.4 is 11.1 Å². The van der Waals surface area contributed by atoms with E-state index < -0.39 is 36.7 Å². The van der Waals surface area contributed by atoms with E-state index >= 15 is 8.78 Å². The average molecular weight is 545 g/mol. The van der Waals surface area contributed by atoms with Crippen LogP contribution >= 0.6 is 0 Å². The summed E-state index contributed by atoms with van der Waals surface area (Å²) < 4.78 is 64.2. The van der Waals surface area contributed by atoms with Crippen molar-refractivity contribution in [3.8, 4) is 11.3 Å². The fourth-order valence-electron chi connectivity index (χ4n) is 5.21. The number of alkyl halides is 3. The van der Waals surface area contributed by atoms with E-state index in [1.165, 1.54) is 15.1 Å². The zero-order valence-corrected chi connectivity index (χ0v) is 20.8. The molecule has 2 atom stereocenters. The standard InChI is InChI=1S/C24H24F4N10O/c1-12-31-17-4-3-16(32-22(17)37(12)9-18(27)28)19-14(26)8-38-20(19)21(29)34-23(35-38)33-15-5-6-36(7-13(15)25)24(30-2)10-39-11-24/h3-4,8,13,15,18H,5-7,9-11H2,1H3,(H3,29,33,34,35)/t13-,15+/m1/s1. The van der Waals surface area contributed by atoms with Crippen LogP contribution in [0.3, 0.4) is 0 Å². The van der Waals surface area contributed by atoms with Crippen LogP contribution in [0.1, 0.15) is 12.2 Å². The number of halogens is 4. The van der Waals surface area contributed by atoms with E-state index in [0.717, 1.165) is 6.20 Å². The van der Waals surface area contributed by atoms with Crippen molar-refractivity contribution in [3.63, 3.8) is 0 Å². The molecule has 2 saturated heterocycles. The number of nitrogens with zero attached hydrogens (tertiary/aromatic N) is 8. The Balaban J connectivity index is 1.29.